The van der Waals surface area contributed by atoms with Crippen molar-refractivity contribution in [3.63, 3.8) is 0 Å². The molecule has 3 rings (SSSR count). The summed E-state index contributed by atoms with van der Waals surface area (Å²) in [5, 5.41) is 0. The van der Waals surface area contributed by atoms with Gasteiger partial charge >= 0.3 is 0 Å². The maximum absolute atomic E-state index is 12.9. The van der Waals surface area contributed by atoms with Crippen LogP contribution in [0, 0.1) is 6.92 Å². The van der Waals surface area contributed by atoms with E-state index in [0.29, 0.717) is 29.4 Å². The topological polar surface area (TPSA) is 82.4 Å². The lowest BCUT2D eigenvalue weighted by Gasteiger charge is -2.17. The number of aryl methyl sites for hydroxylation is 2. The van der Waals surface area contributed by atoms with E-state index in [0.717, 1.165) is 37.4 Å². The number of aromatic amines is 1. The zero-order valence-electron chi connectivity index (χ0n) is 15.9. The number of carbonyl (C=O) groups is 1. The Bertz CT molecular complexity index is 864. The minimum absolute atomic E-state index is 0.168. The quantitative estimate of drug-likeness (QED) is 0.856. The molecule has 3 heterocycles. The van der Waals surface area contributed by atoms with E-state index < -0.39 is 0 Å². The molecule has 0 saturated heterocycles. The number of H-pyrrole nitrogens is 1. The summed E-state index contributed by atoms with van der Waals surface area (Å²) in [6, 6.07) is 1.85. The first-order valence-corrected chi connectivity index (χ1v) is 9.18. The van der Waals surface area contributed by atoms with E-state index in [1.54, 1.807) is 11.8 Å². The van der Waals surface area contributed by atoms with Gasteiger partial charge in [0.1, 0.15) is 11.6 Å². The van der Waals surface area contributed by atoms with Crippen molar-refractivity contribution < 1.29 is 9.21 Å². The summed E-state index contributed by atoms with van der Waals surface area (Å²) in [6.45, 7) is 11.3. The minimum Gasteiger partial charge on any atom is -0.456 e. The van der Waals surface area contributed by atoms with Crippen molar-refractivity contribution >= 4 is 5.91 Å². The van der Waals surface area contributed by atoms with Crippen molar-refractivity contribution in [3.05, 3.63) is 50.6 Å². The molecule has 0 fully saturated rings. The first-order valence-electron chi connectivity index (χ1n) is 9.18. The number of rotatable bonds is 6. The number of nitrogens with one attached hydrogen (secondary N) is 1. The first-order chi connectivity index (χ1) is 12.5. The normalized spacial score (nSPS) is 13.5. The molecule has 0 radical (unpaired) electrons. The smallest absolute Gasteiger partial charge is 0.290 e. The molecule has 1 amide bonds. The molecular weight excluding hydrogens is 332 g/mol. The summed E-state index contributed by atoms with van der Waals surface area (Å²) in [5.41, 5.74) is 2.13. The van der Waals surface area contributed by atoms with Crippen LogP contribution < -0.4 is 5.56 Å². The molecule has 0 bridgehead atoms. The lowest BCUT2D eigenvalue weighted by Crippen LogP contribution is -2.26. The Morgan fingerprint density at radius 1 is 1.31 bits per heavy atom. The van der Waals surface area contributed by atoms with Gasteiger partial charge in [-0.3, -0.25) is 14.5 Å². The number of aromatic nitrogens is 2. The third-order valence-electron chi connectivity index (χ3n) is 4.91. The van der Waals surface area contributed by atoms with Gasteiger partial charge in [-0.15, -0.1) is 0 Å². The molecule has 7 nitrogen and oxygen atoms in total. The number of nitrogens with zero attached hydrogens (tertiary/aromatic N) is 3. The monoisotopic (exact) mass is 358 g/mol. The molecule has 140 valence electrons. The van der Waals surface area contributed by atoms with Crippen molar-refractivity contribution in [3.8, 4) is 0 Å². The van der Waals surface area contributed by atoms with E-state index in [9.17, 15) is 9.59 Å². The Morgan fingerprint density at radius 3 is 2.69 bits per heavy atom. The zero-order chi connectivity index (χ0) is 18.8. The van der Waals surface area contributed by atoms with Gasteiger partial charge in [-0.25, -0.2) is 4.98 Å². The maximum Gasteiger partial charge on any atom is 0.290 e. The van der Waals surface area contributed by atoms with E-state index in [1.165, 1.54) is 0 Å². The highest BCUT2D eigenvalue weighted by Gasteiger charge is 2.30. The van der Waals surface area contributed by atoms with Crippen LogP contribution in [-0.2, 0) is 26.1 Å². The van der Waals surface area contributed by atoms with Crippen LogP contribution in [0.5, 0.6) is 0 Å². The molecule has 0 atom stereocenters. The molecule has 1 aliphatic rings. The van der Waals surface area contributed by atoms with Crippen molar-refractivity contribution in [2.24, 2.45) is 0 Å². The molecule has 7 heteroatoms. The summed E-state index contributed by atoms with van der Waals surface area (Å²) in [6.07, 6.45) is 0.741. The van der Waals surface area contributed by atoms with Gasteiger partial charge in [-0.2, -0.15) is 0 Å². The van der Waals surface area contributed by atoms with Gasteiger partial charge in [0.05, 0.1) is 24.3 Å². The molecule has 26 heavy (non-hydrogen) atoms. The van der Waals surface area contributed by atoms with Gasteiger partial charge in [0.25, 0.3) is 11.5 Å². The fourth-order valence-electron chi connectivity index (χ4n) is 3.38. The van der Waals surface area contributed by atoms with Gasteiger partial charge in [0, 0.05) is 18.5 Å². The largest absolute Gasteiger partial charge is 0.456 e. The molecule has 1 aliphatic heterocycles. The van der Waals surface area contributed by atoms with Crippen LogP contribution in [0.1, 0.15) is 59.7 Å². The Morgan fingerprint density at radius 2 is 2.04 bits per heavy atom. The second-order valence-corrected chi connectivity index (χ2v) is 6.61. The average molecular weight is 358 g/mol. The Balaban J connectivity index is 1.82. The molecular formula is C19H26N4O3. The van der Waals surface area contributed by atoms with Crippen molar-refractivity contribution in [2.75, 3.05) is 13.1 Å². The predicted molar refractivity (Wildman–Crippen MR) is 97.9 cm³/mol. The van der Waals surface area contributed by atoms with Gasteiger partial charge in [0.15, 0.2) is 5.76 Å². The summed E-state index contributed by atoms with van der Waals surface area (Å²) < 4.78 is 5.86. The standard InChI is InChI=1S/C19H26N4O3/c1-5-16-13(9-22(6-2)7-3)8-17(26-16)19(25)23-10-14-15(11-23)20-12(4)21-18(14)24/h8H,5-7,9-11H2,1-4H3,(H,20,21,24). The summed E-state index contributed by atoms with van der Waals surface area (Å²) in [4.78, 5) is 35.9. The molecule has 2 aromatic rings. The van der Waals surface area contributed by atoms with Crippen LogP contribution in [0.2, 0.25) is 0 Å². The van der Waals surface area contributed by atoms with Crippen LogP contribution in [-0.4, -0.2) is 38.8 Å². The number of hydrogen-bond donors (Lipinski definition) is 1. The number of hydrogen-bond acceptors (Lipinski definition) is 5. The lowest BCUT2D eigenvalue weighted by molar-refractivity contribution is 0.0716. The average Bonchev–Trinajstić information content (AvgIpc) is 3.22. The zero-order valence-corrected chi connectivity index (χ0v) is 15.9. The van der Waals surface area contributed by atoms with E-state index in [2.05, 4.69) is 28.7 Å². The van der Waals surface area contributed by atoms with Crippen LogP contribution in [0.4, 0.5) is 0 Å². The summed E-state index contributed by atoms with van der Waals surface area (Å²) in [5.74, 6) is 1.56. The lowest BCUT2D eigenvalue weighted by atomic mass is 10.2. The fourth-order valence-corrected chi connectivity index (χ4v) is 3.38. The fraction of sp³-hybridized carbons (Fsp3) is 0.526. The predicted octanol–water partition coefficient (Wildman–Crippen LogP) is 2.23. The number of fused-ring (bicyclic) bond motifs is 1. The number of furan rings is 1. The van der Waals surface area contributed by atoms with Gasteiger partial charge in [-0.1, -0.05) is 20.8 Å². The highest BCUT2D eigenvalue weighted by Crippen LogP contribution is 2.24. The second-order valence-electron chi connectivity index (χ2n) is 6.61. The molecule has 0 aromatic carbocycles. The minimum atomic E-state index is -0.194. The Labute approximate surface area is 153 Å². The van der Waals surface area contributed by atoms with Crippen LogP contribution in [0.25, 0.3) is 0 Å². The second kappa shape index (κ2) is 7.45. The first kappa shape index (κ1) is 18.4. The van der Waals surface area contributed by atoms with Gasteiger partial charge in [-0.05, 0) is 26.1 Å². The number of carbonyl (C=O) groups excluding carboxylic acids is 1. The third-order valence-corrected chi connectivity index (χ3v) is 4.91. The molecule has 2 aromatic heterocycles. The SMILES string of the molecule is CCc1oc(C(=O)N2Cc3nc(C)[nH]c(=O)c3C2)cc1CN(CC)CC. The van der Waals surface area contributed by atoms with Gasteiger partial charge < -0.3 is 14.3 Å². The molecule has 1 N–H and O–H groups in total. The Hall–Kier alpha value is -2.41. The maximum atomic E-state index is 12.9. The van der Waals surface area contributed by atoms with Crippen molar-refractivity contribution in [2.45, 2.75) is 53.8 Å². The van der Waals surface area contributed by atoms with Crippen LogP contribution in [0.3, 0.4) is 0 Å². The van der Waals surface area contributed by atoms with E-state index in [1.807, 2.05) is 13.0 Å². The van der Waals surface area contributed by atoms with Crippen molar-refractivity contribution in [1.82, 2.24) is 19.8 Å². The van der Waals surface area contributed by atoms with Crippen LogP contribution in [0.15, 0.2) is 15.3 Å². The highest BCUT2D eigenvalue weighted by atomic mass is 16.4. The summed E-state index contributed by atoms with van der Waals surface area (Å²) >= 11 is 0. The Kier molecular flexibility index (Phi) is 5.27. The molecule has 0 spiro atoms. The van der Waals surface area contributed by atoms with Crippen molar-refractivity contribution in [1.29, 1.82) is 0 Å². The summed E-state index contributed by atoms with van der Waals surface area (Å²) in [7, 11) is 0. The molecule has 0 aliphatic carbocycles. The highest BCUT2D eigenvalue weighted by molar-refractivity contribution is 5.92. The number of amides is 1. The van der Waals surface area contributed by atoms with E-state index in [-0.39, 0.29) is 18.0 Å². The van der Waals surface area contributed by atoms with Gasteiger partial charge in [0.2, 0.25) is 0 Å². The van der Waals surface area contributed by atoms with E-state index >= 15 is 0 Å². The van der Waals surface area contributed by atoms with Crippen LogP contribution >= 0.6 is 0 Å². The van der Waals surface area contributed by atoms with E-state index in [4.69, 9.17) is 4.42 Å². The molecule has 0 saturated carbocycles. The third kappa shape index (κ3) is 3.44. The molecule has 0 unspecified atom stereocenters.